The number of azo groups is 1. The number of nitrogens with one attached hydrogen (secondary N) is 1. The van der Waals surface area contributed by atoms with E-state index in [4.69, 9.17) is 27.9 Å². The minimum atomic E-state index is -4.63. The summed E-state index contributed by atoms with van der Waals surface area (Å²) in [6.07, 6.45) is 0.430. The second-order valence-corrected chi connectivity index (χ2v) is 10.2. The van der Waals surface area contributed by atoms with Crippen molar-refractivity contribution in [3.63, 3.8) is 0 Å². The number of amides is 1. The maximum atomic E-state index is 13.2. The number of carbonyl (C=O) groups excluding carboxylic acids is 1. The molecule has 3 N–H and O–H groups in total. The van der Waals surface area contributed by atoms with Crippen molar-refractivity contribution in [1.82, 2.24) is 0 Å². The van der Waals surface area contributed by atoms with Crippen LogP contribution in [0.5, 0.6) is 11.5 Å². The quantitative estimate of drug-likeness (QED) is 0.156. The van der Waals surface area contributed by atoms with Gasteiger partial charge in [0, 0.05) is 5.39 Å². The van der Waals surface area contributed by atoms with Crippen LogP contribution < -0.4 is 10.1 Å². The first-order valence-corrected chi connectivity index (χ1v) is 13.3. The molecular formula is C26H21Cl2N3O6S. The van der Waals surface area contributed by atoms with Gasteiger partial charge in [-0.05, 0) is 47.7 Å². The number of nitrogens with zero attached hydrogens (tertiary/aromatic N) is 2. The van der Waals surface area contributed by atoms with Gasteiger partial charge < -0.3 is 15.2 Å². The zero-order valence-electron chi connectivity index (χ0n) is 20.1. The van der Waals surface area contributed by atoms with E-state index in [0.29, 0.717) is 28.4 Å². The number of phenolic OH excluding ortho intramolecular Hbond substituents is 1. The van der Waals surface area contributed by atoms with Gasteiger partial charge in [0.15, 0.2) is 11.5 Å². The van der Waals surface area contributed by atoms with Crippen molar-refractivity contribution in [3.8, 4) is 11.5 Å². The first-order chi connectivity index (χ1) is 18.0. The Balaban J connectivity index is 1.84. The molecule has 0 radical (unpaired) electrons. The number of benzene rings is 4. The lowest BCUT2D eigenvalue weighted by atomic mass is 10.0. The van der Waals surface area contributed by atoms with Crippen molar-refractivity contribution in [2.45, 2.75) is 18.2 Å². The third-order valence-electron chi connectivity index (χ3n) is 5.68. The van der Waals surface area contributed by atoms with Crippen LogP contribution in [0.15, 0.2) is 75.8 Å². The van der Waals surface area contributed by atoms with Crippen LogP contribution in [-0.4, -0.2) is 31.1 Å². The zero-order valence-corrected chi connectivity index (χ0v) is 22.4. The predicted octanol–water partition coefficient (Wildman–Crippen LogP) is 7.34. The van der Waals surface area contributed by atoms with Gasteiger partial charge in [0.2, 0.25) is 0 Å². The van der Waals surface area contributed by atoms with Crippen LogP contribution in [-0.2, 0) is 16.5 Å². The molecule has 1 amide bonds. The third-order valence-corrected chi connectivity index (χ3v) is 7.37. The van der Waals surface area contributed by atoms with Crippen LogP contribution in [0.1, 0.15) is 22.8 Å². The van der Waals surface area contributed by atoms with Crippen molar-refractivity contribution in [3.05, 3.63) is 81.8 Å². The predicted molar refractivity (Wildman–Crippen MR) is 146 cm³/mol. The van der Waals surface area contributed by atoms with Gasteiger partial charge in [0.1, 0.15) is 16.3 Å². The number of phenols is 1. The molecule has 0 aliphatic rings. The summed E-state index contributed by atoms with van der Waals surface area (Å²) >= 11 is 12.4. The highest BCUT2D eigenvalue weighted by molar-refractivity contribution is 7.86. The average Bonchev–Trinajstić information content (AvgIpc) is 2.88. The maximum absolute atomic E-state index is 13.2. The molecule has 9 nitrogen and oxygen atoms in total. The van der Waals surface area contributed by atoms with E-state index in [0.717, 1.165) is 0 Å². The van der Waals surface area contributed by atoms with Gasteiger partial charge in [0.25, 0.3) is 16.0 Å². The Bertz CT molecular complexity index is 1710. The maximum Gasteiger partial charge on any atom is 0.296 e. The Morgan fingerprint density at radius 2 is 1.79 bits per heavy atom. The lowest BCUT2D eigenvalue weighted by molar-refractivity contribution is 0.102. The van der Waals surface area contributed by atoms with E-state index in [2.05, 4.69) is 15.5 Å². The van der Waals surface area contributed by atoms with E-state index in [1.807, 2.05) is 0 Å². The van der Waals surface area contributed by atoms with Crippen LogP contribution in [0, 0.1) is 0 Å². The number of para-hydroxylation sites is 1. The van der Waals surface area contributed by atoms with E-state index in [-0.39, 0.29) is 32.7 Å². The summed E-state index contributed by atoms with van der Waals surface area (Å²) in [6.45, 7) is 1.79. The fourth-order valence-electron chi connectivity index (χ4n) is 3.80. The highest BCUT2D eigenvalue weighted by Crippen LogP contribution is 2.42. The fraction of sp³-hybridized carbons (Fsp3) is 0.115. The van der Waals surface area contributed by atoms with Crippen molar-refractivity contribution >= 4 is 67.1 Å². The zero-order chi connectivity index (χ0) is 27.6. The molecule has 12 heteroatoms. The number of rotatable bonds is 7. The Labute approximate surface area is 228 Å². The fourth-order valence-corrected chi connectivity index (χ4v) is 5.13. The summed E-state index contributed by atoms with van der Waals surface area (Å²) in [5.74, 6) is -0.878. The largest absolute Gasteiger partial charge is 0.505 e. The number of anilines is 1. The number of hydrogen-bond donors (Lipinski definition) is 3. The minimum absolute atomic E-state index is 0.0411. The molecule has 196 valence electrons. The highest BCUT2D eigenvalue weighted by Gasteiger charge is 2.22. The number of aromatic hydroxyl groups is 1. The topological polar surface area (TPSA) is 138 Å². The van der Waals surface area contributed by atoms with Gasteiger partial charge in [0.05, 0.1) is 28.4 Å². The molecule has 0 aliphatic heterocycles. The monoisotopic (exact) mass is 573 g/mol. The van der Waals surface area contributed by atoms with Gasteiger partial charge in [-0.3, -0.25) is 9.35 Å². The normalized spacial score (nSPS) is 11.7. The molecular weight excluding hydrogens is 553 g/mol. The summed E-state index contributed by atoms with van der Waals surface area (Å²) in [6, 6.07) is 16.0. The second-order valence-electron chi connectivity index (χ2n) is 8.07. The number of carbonyl (C=O) groups is 1. The highest BCUT2D eigenvalue weighted by atomic mass is 35.5. The Kier molecular flexibility index (Phi) is 7.89. The molecule has 0 atom stereocenters. The number of halogens is 2. The van der Waals surface area contributed by atoms with E-state index in [1.54, 1.807) is 49.4 Å². The summed E-state index contributed by atoms with van der Waals surface area (Å²) in [5, 5.41) is 23.0. The van der Waals surface area contributed by atoms with Crippen molar-refractivity contribution in [2.24, 2.45) is 10.2 Å². The molecule has 0 aliphatic carbocycles. The number of hydrogen-bond acceptors (Lipinski definition) is 7. The molecule has 38 heavy (non-hydrogen) atoms. The summed E-state index contributed by atoms with van der Waals surface area (Å²) in [5.41, 5.74) is 0.639. The molecule has 4 aromatic rings. The van der Waals surface area contributed by atoms with Crippen molar-refractivity contribution in [2.75, 3.05) is 12.4 Å². The van der Waals surface area contributed by atoms with Crippen LogP contribution in [0.25, 0.3) is 10.8 Å². The molecule has 0 bridgehead atoms. The number of fused-ring (bicyclic) bond motifs is 1. The van der Waals surface area contributed by atoms with Gasteiger partial charge in [-0.1, -0.05) is 60.5 Å². The average molecular weight is 574 g/mol. The molecule has 4 rings (SSSR count). The summed E-state index contributed by atoms with van der Waals surface area (Å²) < 4.78 is 38.5. The third kappa shape index (κ3) is 5.44. The Morgan fingerprint density at radius 1 is 1.05 bits per heavy atom. The first kappa shape index (κ1) is 27.3. The second kappa shape index (κ2) is 11.0. The van der Waals surface area contributed by atoms with Gasteiger partial charge in [-0.25, -0.2) is 0 Å². The lowest BCUT2D eigenvalue weighted by Gasteiger charge is -2.14. The van der Waals surface area contributed by atoms with E-state index >= 15 is 0 Å². The van der Waals surface area contributed by atoms with Crippen molar-refractivity contribution < 1.29 is 27.6 Å². The minimum Gasteiger partial charge on any atom is -0.505 e. The van der Waals surface area contributed by atoms with E-state index < -0.39 is 26.7 Å². The summed E-state index contributed by atoms with van der Waals surface area (Å²) in [7, 11) is -3.21. The molecule has 0 saturated carbocycles. The Hall–Kier alpha value is -3.70. The standard InChI is InChI=1S/C26H21Cl2N3O6S/c1-3-14-11-20(22(28)21(12-14)38(34,35)36)30-31-23-16-8-5-4-7-15(16)13-17(24(23)32)26(33)29-19-10-6-9-18(27)25(19)37-2/h4-13,32H,3H2,1-2H3,(H,29,33)(H,34,35,36). The molecule has 4 aromatic carbocycles. The molecule has 0 unspecified atom stereocenters. The van der Waals surface area contributed by atoms with Crippen LogP contribution in [0.3, 0.4) is 0 Å². The first-order valence-electron chi connectivity index (χ1n) is 11.1. The van der Waals surface area contributed by atoms with E-state index in [1.165, 1.54) is 25.3 Å². The lowest BCUT2D eigenvalue weighted by Crippen LogP contribution is -2.13. The molecule has 0 aromatic heterocycles. The van der Waals surface area contributed by atoms with Gasteiger partial charge in [-0.15, -0.1) is 10.2 Å². The van der Waals surface area contributed by atoms with Gasteiger partial charge >= 0.3 is 0 Å². The van der Waals surface area contributed by atoms with Crippen LogP contribution in [0.2, 0.25) is 10.0 Å². The van der Waals surface area contributed by atoms with Gasteiger partial charge in [-0.2, -0.15) is 8.42 Å². The van der Waals surface area contributed by atoms with Crippen LogP contribution in [0.4, 0.5) is 17.1 Å². The smallest absolute Gasteiger partial charge is 0.296 e. The Morgan fingerprint density at radius 3 is 2.47 bits per heavy atom. The molecule has 0 fully saturated rings. The molecule has 0 spiro atoms. The molecule has 0 heterocycles. The number of aryl methyl sites for hydroxylation is 1. The van der Waals surface area contributed by atoms with Crippen LogP contribution >= 0.6 is 23.2 Å². The van der Waals surface area contributed by atoms with Crippen molar-refractivity contribution in [1.29, 1.82) is 0 Å². The van der Waals surface area contributed by atoms with E-state index in [9.17, 15) is 22.9 Å². The SMILES string of the molecule is CCc1cc(N=Nc2c(O)c(C(=O)Nc3cccc(Cl)c3OC)cc3ccccc23)c(Cl)c(S(=O)(=O)O)c1. The number of methoxy groups -OCH3 is 1. The summed E-state index contributed by atoms with van der Waals surface area (Å²) in [4.78, 5) is 12.7. The molecule has 0 saturated heterocycles. The number of ether oxygens (including phenoxy) is 1.